The topological polar surface area (TPSA) is 65.7 Å². The Labute approximate surface area is 161 Å². The van der Waals surface area contributed by atoms with E-state index >= 15 is 0 Å². The van der Waals surface area contributed by atoms with Crippen LogP contribution in [0.5, 0.6) is 0 Å². The van der Waals surface area contributed by atoms with Crippen molar-refractivity contribution in [1.29, 1.82) is 0 Å². The average molecular weight is 374 g/mol. The standard InChI is InChI=1S/C20H31N5O2/c1-11(2)23(4)19(26)18-16-9-24(10-17(16)18)15-7-13-5-6-14(8-15)25(13)20-21-12(3)22-27-20/h11,13-18H,5-10H2,1-4H3/t13?,14?,15?,16-,17+,18-. The van der Waals surface area contributed by atoms with Crippen molar-refractivity contribution in [1.82, 2.24) is 19.9 Å². The van der Waals surface area contributed by atoms with E-state index in [-0.39, 0.29) is 5.92 Å². The summed E-state index contributed by atoms with van der Waals surface area (Å²) in [5.74, 6) is 2.54. The van der Waals surface area contributed by atoms with Crippen molar-refractivity contribution >= 4 is 11.9 Å². The molecule has 7 nitrogen and oxygen atoms in total. The van der Waals surface area contributed by atoms with Gasteiger partial charge in [0, 0.05) is 50.2 Å². The molecule has 1 aliphatic carbocycles. The van der Waals surface area contributed by atoms with Crippen molar-refractivity contribution in [2.45, 2.75) is 70.6 Å². The van der Waals surface area contributed by atoms with E-state index in [2.05, 4.69) is 33.8 Å². The molecule has 1 aromatic heterocycles. The SMILES string of the molecule is Cc1noc(N2C3CCC2CC(N2C[C@@H]4[C@H](C2)[C@@H]4C(=O)N(C)C(C)C)C3)n1. The fourth-order valence-electron chi connectivity index (χ4n) is 5.86. The summed E-state index contributed by atoms with van der Waals surface area (Å²) in [6, 6.07) is 2.70. The molecule has 0 N–H and O–H groups in total. The number of anilines is 1. The summed E-state index contributed by atoms with van der Waals surface area (Å²) in [5, 5.41) is 3.98. The van der Waals surface area contributed by atoms with Crippen LogP contribution in [-0.2, 0) is 4.79 Å². The Bertz CT molecular complexity index is 708. The van der Waals surface area contributed by atoms with Crippen molar-refractivity contribution < 1.29 is 9.32 Å². The van der Waals surface area contributed by atoms with Crippen LogP contribution in [0.15, 0.2) is 4.52 Å². The van der Waals surface area contributed by atoms with Gasteiger partial charge in [-0.3, -0.25) is 9.69 Å². The lowest BCUT2D eigenvalue weighted by molar-refractivity contribution is -0.133. The first-order valence-corrected chi connectivity index (χ1v) is 10.5. The number of amides is 1. The zero-order valence-electron chi connectivity index (χ0n) is 16.8. The third-order valence-electron chi connectivity index (χ3n) is 7.59. The Kier molecular flexibility index (Phi) is 4.00. The monoisotopic (exact) mass is 373 g/mol. The second-order valence-corrected chi connectivity index (χ2v) is 9.39. The van der Waals surface area contributed by atoms with Crippen molar-refractivity contribution in [2.75, 3.05) is 25.0 Å². The molecule has 1 aromatic rings. The number of carbonyl (C=O) groups is 1. The number of carbonyl (C=O) groups excluding carboxylic acids is 1. The summed E-state index contributed by atoms with van der Waals surface area (Å²) in [5.41, 5.74) is 0. The molecule has 0 radical (unpaired) electrons. The minimum Gasteiger partial charge on any atom is -0.343 e. The molecule has 0 aromatic carbocycles. The summed E-state index contributed by atoms with van der Waals surface area (Å²) >= 11 is 0. The number of aromatic nitrogens is 2. The van der Waals surface area contributed by atoms with E-state index in [1.54, 1.807) is 0 Å². The molecule has 1 amide bonds. The van der Waals surface area contributed by atoms with Crippen LogP contribution in [-0.4, -0.2) is 70.2 Å². The van der Waals surface area contributed by atoms with Gasteiger partial charge in [0.05, 0.1) is 0 Å². The molecule has 2 unspecified atom stereocenters. The Balaban J connectivity index is 1.20. The van der Waals surface area contributed by atoms with Gasteiger partial charge < -0.3 is 14.3 Å². The maximum atomic E-state index is 12.6. The van der Waals surface area contributed by atoms with Gasteiger partial charge in [0.15, 0.2) is 5.82 Å². The average Bonchev–Trinajstić information content (AvgIpc) is 2.96. The van der Waals surface area contributed by atoms with E-state index in [4.69, 9.17) is 4.52 Å². The highest BCUT2D eigenvalue weighted by Crippen LogP contribution is 2.54. The van der Waals surface area contributed by atoms with Gasteiger partial charge >= 0.3 is 6.01 Å². The highest BCUT2D eigenvalue weighted by molar-refractivity contribution is 5.82. The molecule has 5 atom stereocenters. The van der Waals surface area contributed by atoms with Gasteiger partial charge in [0.2, 0.25) is 5.91 Å². The van der Waals surface area contributed by atoms with Gasteiger partial charge in [-0.25, -0.2) is 0 Å². The highest BCUT2D eigenvalue weighted by atomic mass is 16.5. The van der Waals surface area contributed by atoms with Crippen LogP contribution in [0.25, 0.3) is 0 Å². The van der Waals surface area contributed by atoms with Gasteiger partial charge in [-0.05, 0) is 58.3 Å². The second-order valence-electron chi connectivity index (χ2n) is 9.39. The minimum absolute atomic E-state index is 0.284. The van der Waals surface area contributed by atoms with Crippen LogP contribution in [0.1, 0.15) is 45.4 Å². The molecule has 27 heavy (non-hydrogen) atoms. The van der Waals surface area contributed by atoms with E-state index in [0.29, 0.717) is 53.7 Å². The van der Waals surface area contributed by atoms with Crippen LogP contribution in [0.3, 0.4) is 0 Å². The van der Waals surface area contributed by atoms with Gasteiger partial charge in [-0.15, -0.1) is 0 Å². The van der Waals surface area contributed by atoms with Crippen molar-refractivity contribution in [2.24, 2.45) is 17.8 Å². The van der Waals surface area contributed by atoms with Crippen LogP contribution < -0.4 is 4.90 Å². The first-order chi connectivity index (χ1) is 12.9. The fourth-order valence-corrected chi connectivity index (χ4v) is 5.86. The van der Waals surface area contributed by atoms with Crippen molar-refractivity contribution in [3.05, 3.63) is 5.82 Å². The predicted octanol–water partition coefficient (Wildman–Crippen LogP) is 1.92. The molecule has 0 spiro atoms. The Morgan fingerprint density at radius 2 is 1.78 bits per heavy atom. The third kappa shape index (κ3) is 2.77. The summed E-state index contributed by atoms with van der Waals surface area (Å²) in [4.78, 5) is 24.1. The number of aryl methyl sites for hydroxylation is 1. The summed E-state index contributed by atoms with van der Waals surface area (Å²) in [6.07, 6.45) is 4.82. The number of fused-ring (bicyclic) bond motifs is 3. The Morgan fingerprint density at radius 1 is 1.15 bits per heavy atom. The van der Waals surface area contributed by atoms with E-state index in [1.807, 2.05) is 18.9 Å². The lowest BCUT2D eigenvalue weighted by atomic mass is 9.96. The molecule has 4 fully saturated rings. The quantitative estimate of drug-likeness (QED) is 0.803. The molecule has 4 aliphatic rings. The Morgan fingerprint density at radius 3 is 2.30 bits per heavy atom. The molecule has 4 heterocycles. The second kappa shape index (κ2) is 6.19. The normalized spacial score (nSPS) is 37.7. The third-order valence-corrected chi connectivity index (χ3v) is 7.59. The van der Waals surface area contributed by atoms with E-state index in [1.165, 1.54) is 25.7 Å². The number of likely N-dealkylation sites (tertiary alicyclic amines) is 1. The van der Waals surface area contributed by atoms with Crippen LogP contribution in [0.2, 0.25) is 0 Å². The van der Waals surface area contributed by atoms with Gasteiger partial charge in [-0.2, -0.15) is 4.98 Å². The molecule has 148 valence electrons. The molecule has 3 aliphatic heterocycles. The fraction of sp³-hybridized carbons (Fsp3) is 0.850. The number of piperidine rings is 2. The van der Waals surface area contributed by atoms with Crippen molar-refractivity contribution in [3.63, 3.8) is 0 Å². The maximum absolute atomic E-state index is 12.6. The van der Waals surface area contributed by atoms with Gasteiger partial charge in [0.25, 0.3) is 0 Å². The smallest absolute Gasteiger partial charge is 0.324 e. The maximum Gasteiger partial charge on any atom is 0.324 e. The van der Waals surface area contributed by atoms with E-state index in [0.717, 1.165) is 13.1 Å². The largest absolute Gasteiger partial charge is 0.343 e. The highest BCUT2D eigenvalue weighted by Gasteiger charge is 2.61. The van der Waals surface area contributed by atoms with E-state index < -0.39 is 0 Å². The molecule has 2 bridgehead atoms. The van der Waals surface area contributed by atoms with Crippen LogP contribution >= 0.6 is 0 Å². The summed E-state index contributed by atoms with van der Waals surface area (Å²) in [7, 11) is 1.95. The minimum atomic E-state index is 0.284. The Hall–Kier alpha value is -1.63. The summed E-state index contributed by atoms with van der Waals surface area (Å²) < 4.78 is 5.46. The first kappa shape index (κ1) is 17.5. The lowest BCUT2D eigenvalue weighted by Crippen LogP contribution is -2.51. The molecular formula is C20H31N5O2. The van der Waals surface area contributed by atoms with Gasteiger partial charge in [-0.1, -0.05) is 5.16 Å². The molecular weight excluding hydrogens is 342 g/mol. The zero-order valence-corrected chi connectivity index (χ0v) is 16.8. The predicted molar refractivity (Wildman–Crippen MR) is 101 cm³/mol. The first-order valence-electron chi connectivity index (χ1n) is 10.5. The molecule has 1 saturated carbocycles. The molecule has 3 saturated heterocycles. The van der Waals surface area contributed by atoms with E-state index in [9.17, 15) is 4.79 Å². The van der Waals surface area contributed by atoms with Crippen LogP contribution in [0, 0.1) is 24.7 Å². The number of rotatable bonds is 4. The summed E-state index contributed by atoms with van der Waals surface area (Å²) in [6.45, 7) is 8.29. The zero-order chi connectivity index (χ0) is 18.9. The molecule has 7 heteroatoms. The van der Waals surface area contributed by atoms with Gasteiger partial charge in [0.1, 0.15) is 0 Å². The number of hydrogen-bond acceptors (Lipinski definition) is 6. The number of nitrogens with zero attached hydrogens (tertiary/aromatic N) is 5. The molecule has 5 rings (SSSR count). The lowest BCUT2D eigenvalue weighted by Gasteiger charge is -2.42. The number of hydrogen-bond donors (Lipinski definition) is 0. The van der Waals surface area contributed by atoms with Crippen molar-refractivity contribution in [3.8, 4) is 0 Å². The van der Waals surface area contributed by atoms with Crippen LogP contribution in [0.4, 0.5) is 6.01 Å².